The van der Waals surface area contributed by atoms with Crippen molar-refractivity contribution in [1.82, 2.24) is 9.55 Å². The maximum Gasteiger partial charge on any atom is 0.134 e. The summed E-state index contributed by atoms with van der Waals surface area (Å²) in [6.45, 7) is 0.952. The van der Waals surface area contributed by atoms with E-state index in [1.54, 1.807) is 18.4 Å². The van der Waals surface area contributed by atoms with Crippen molar-refractivity contribution >= 4 is 11.0 Å². The molecule has 0 N–H and O–H groups in total. The minimum atomic E-state index is -0.266. The van der Waals surface area contributed by atoms with Crippen LogP contribution in [-0.4, -0.2) is 9.55 Å². The quantitative estimate of drug-likeness (QED) is 0.511. The van der Waals surface area contributed by atoms with Gasteiger partial charge in [0, 0.05) is 0 Å². The van der Waals surface area contributed by atoms with Crippen LogP contribution in [0.15, 0.2) is 77.7 Å². The standard InChI is InChI=1S/C20H17FN2O2/c21-16-9-7-15(8-10-16)13-25-20(19-6-3-11-24-19)12-23-14-22-17-4-1-2-5-18(17)23/h1-11,14,20H,12-13H2. The molecule has 25 heavy (non-hydrogen) atoms. The number of ether oxygens (including phenoxy) is 1. The molecule has 0 bridgehead atoms. The van der Waals surface area contributed by atoms with Gasteiger partial charge in [-0.25, -0.2) is 9.37 Å². The first kappa shape index (κ1) is 15.6. The summed E-state index contributed by atoms with van der Waals surface area (Å²) in [5.41, 5.74) is 2.90. The number of halogens is 1. The van der Waals surface area contributed by atoms with Crippen molar-refractivity contribution in [3.05, 3.63) is 90.4 Å². The molecule has 0 saturated heterocycles. The average molecular weight is 336 g/mol. The number of imidazole rings is 1. The molecule has 2 heterocycles. The Morgan fingerprint density at radius 3 is 2.68 bits per heavy atom. The van der Waals surface area contributed by atoms with Gasteiger partial charge in [0.1, 0.15) is 17.7 Å². The lowest BCUT2D eigenvalue weighted by Gasteiger charge is -2.17. The molecule has 4 nitrogen and oxygen atoms in total. The molecule has 0 radical (unpaired) electrons. The van der Waals surface area contributed by atoms with E-state index in [9.17, 15) is 4.39 Å². The molecule has 0 amide bonds. The highest BCUT2D eigenvalue weighted by Gasteiger charge is 2.17. The SMILES string of the molecule is Fc1ccc(COC(Cn2cnc3ccccc32)c2ccco2)cc1. The van der Waals surface area contributed by atoms with Crippen LogP contribution in [0.4, 0.5) is 4.39 Å². The third-order valence-corrected chi connectivity index (χ3v) is 4.11. The van der Waals surface area contributed by atoms with E-state index in [-0.39, 0.29) is 11.9 Å². The smallest absolute Gasteiger partial charge is 0.134 e. The summed E-state index contributed by atoms with van der Waals surface area (Å²) in [5.74, 6) is 0.496. The van der Waals surface area contributed by atoms with E-state index in [1.807, 2.05) is 47.3 Å². The number of nitrogens with zero attached hydrogens (tertiary/aromatic N) is 2. The fraction of sp³-hybridized carbons (Fsp3) is 0.150. The lowest BCUT2D eigenvalue weighted by molar-refractivity contribution is 0.0147. The van der Waals surface area contributed by atoms with E-state index in [0.29, 0.717) is 13.2 Å². The molecule has 0 saturated carbocycles. The van der Waals surface area contributed by atoms with Crippen molar-refractivity contribution in [3.8, 4) is 0 Å². The summed E-state index contributed by atoms with van der Waals surface area (Å²) in [5, 5.41) is 0. The van der Waals surface area contributed by atoms with Gasteiger partial charge in [0.05, 0.1) is 36.8 Å². The third kappa shape index (κ3) is 3.46. The van der Waals surface area contributed by atoms with Crippen molar-refractivity contribution in [2.75, 3.05) is 0 Å². The molecule has 0 spiro atoms. The number of hydrogen-bond donors (Lipinski definition) is 0. The van der Waals surface area contributed by atoms with Gasteiger partial charge in [-0.15, -0.1) is 0 Å². The molecule has 4 rings (SSSR count). The van der Waals surface area contributed by atoms with E-state index in [0.717, 1.165) is 22.4 Å². The fourth-order valence-electron chi connectivity index (χ4n) is 2.81. The van der Waals surface area contributed by atoms with Crippen LogP contribution in [-0.2, 0) is 17.9 Å². The first-order valence-corrected chi connectivity index (χ1v) is 8.09. The monoisotopic (exact) mass is 336 g/mol. The molecule has 0 fully saturated rings. The van der Waals surface area contributed by atoms with Crippen molar-refractivity contribution in [2.45, 2.75) is 19.3 Å². The Bertz CT molecular complexity index is 945. The van der Waals surface area contributed by atoms with Crippen molar-refractivity contribution in [2.24, 2.45) is 0 Å². The Morgan fingerprint density at radius 2 is 1.88 bits per heavy atom. The molecule has 5 heteroatoms. The number of fused-ring (bicyclic) bond motifs is 1. The Labute approximate surface area is 144 Å². The predicted molar refractivity (Wildman–Crippen MR) is 92.4 cm³/mol. The maximum atomic E-state index is 13.0. The molecule has 1 unspecified atom stereocenters. The number of para-hydroxylation sites is 2. The second-order valence-corrected chi connectivity index (χ2v) is 5.83. The van der Waals surface area contributed by atoms with Gasteiger partial charge >= 0.3 is 0 Å². The molecule has 0 aliphatic heterocycles. The third-order valence-electron chi connectivity index (χ3n) is 4.11. The van der Waals surface area contributed by atoms with Crippen LogP contribution in [0.2, 0.25) is 0 Å². The molecule has 0 aliphatic carbocycles. The van der Waals surface area contributed by atoms with Crippen LogP contribution in [0.3, 0.4) is 0 Å². The molecule has 0 aliphatic rings. The second kappa shape index (κ2) is 6.91. The molecule has 2 aromatic heterocycles. The van der Waals surface area contributed by atoms with Crippen LogP contribution in [0.25, 0.3) is 11.0 Å². The highest BCUT2D eigenvalue weighted by atomic mass is 19.1. The lowest BCUT2D eigenvalue weighted by Crippen LogP contribution is -2.12. The van der Waals surface area contributed by atoms with Gasteiger partial charge in [-0.05, 0) is 42.0 Å². The molecular formula is C20H17FN2O2. The number of hydrogen-bond acceptors (Lipinski definition) is 3. The summed E-state index contributed by atoms with van der Waals surface area (Å²) < 4.78 is 26.7. The Kier molecular flexibility index (Phi) is 4.31. The zero-order chi connectivity index (χ0) is 17.1. The Balaban J connectivity index is 1.55. The van der Waals surface area contributed by atoms with E-state index >= 15 is 0 Å². The minimum absolute atomic E-state index is 0.254. The summed E-state index contributed by atoms with van der Waals surface area (Å²) in [6.07, 6.45) is 3.18. The fourth-order valence-corrected chi connectivity index (χ4v) is 2.81. The molecular weight excluding hydrogens is 319 g/mol. The number of rotatable bonds is 6. The number of furan rings is 1. The van der Waals surface area contributed by atoms with Gasteiger partial charge in [0.25, 0.3) is 0 Å². The highest BCUT2D eigenvalue weighted by molar-refractivity contribution is 5.74. The zero-order valence-electron chi connectivity index (χ0n) is 13.5. The zero-order valence-corrected chi connectivity index (χ0v) is 13.5. The topological polar surface area (TPSA) is 40.2 Å². The summed E-state index contributed by atoms with van der Waals surface area (Å²) >= 11 is 0. The van der Waals surface area contributed by atoms with Gasteiger partial charge in [0.15, 0.2) is 0 Å². The molecule has 126 valence electrons. The Hall–Kier alpha value is -2.92. The van der Waals surface area contributed by atoms with E-state index in [4.69, 9.17) is 9.15 Å². The van der Waals surface area contributed by atoms with Crippen molar-refractivity contribution < 1.29 is 13.5 Å². The van der Waals surface area contributed by atoms with Gasteiger partial charge in [-0.1, -0.05) is 24.3 Å². The number of benzene rings is 2. The van der Waals surface area contributed by atoms with Crippen molar-refractivity contribution in [3.63, 3.8) is 0 Å². The second-order valence-electron chi connectivity index (χ2n) is 5.83. The highest BCUT2D eigenvalue weighted by Crippen LogP contribution is 2.24. The van der Waals surface area contributed by atoms with Crippen LogP contribution in [0, 0.1) is 5.82 Å². The first-order chi connectivity index (χ1) is 12.3. The van der Waals surface area contributed by atoms with Crippen LogP contribution >= 0.6 is 0 Å². The minimum Gasteiger partial charge on any atom is -0.467 e. The normalized spacial score (nSPS) is 12.5. The van der Waals surface area contributed by atoms with Gasteiger partial charge in [-0.2, -0.15) is 0 Å². The van der Waals surface area contributed by atoms with E-state index in [1.165, 1.54) is 12.1 Å². The molecule has 4 aromatic rings. The van der Waals surface area contributed by atoms with Gasteiger partial charge in [-0.3, -0.25) is 0 Å². The first-order valence-electron chi connectivity index (χ1n) is 8.09. The van der Waals surface area contributed by atoms with Crippen LogP contribution in [0.1, 0.15) is 17.4 Å². The number of aromatic nitrogens is 2. The van der Waals surface area contributed by atoms with E-state index in [2.05, 4.69) is 4.98 Å². The van der Waals surface area contributed by atoms with Crippen LogP contribution < -0.4 is 0 Å². The van der Waals surface area contributed by atoms with E-state index < -0.39 is 0 Å². The van der Waals surface area contributed by atoms with Gasteiger partial charge < -0.3 is 13.7 Å². The largest absolute Gasteiger partial charge is 0.467 e. The van der Waals surface area contributed by atoms with Crippen molar-refractivity contribution in [1.29, 1.82) is 0 Å². The summed E-state index contributed by atoms with van der Waals surface area (Å²) in [6, 6.07) is 18.0. The maximum absolute atomic E-state index is 13.0. The average Bonchev–Trinajstić information content (AvgIpc) is 3.30. The van der Waals surface area contributed by atoms with Crippen LogP contribution in [0.5, 0.6) is 0 Å². The summed E-state index contributed by atoms with van der Waals surface area (Å²) in [4.78, 5) is 4.42. The summed E-state index contributed by atoms with van der Waals surface area (Å²) in [7, 11) is 0. The predicted octanol–water partition coefficient (Wildman–Crippen LogP) is 4.73. The Morgan fingerprint density at radius 1 is 1.04 bits per heavy atom. The lowest BCUT2D eigenvalue weighted by atomic mass is 10.2. The molecule has 2 aromatic carbocycles. The van der Waals surface area contributed by atoms with Gasteiger partial charge in [0.2, 0.25) is 0 Å². The molecule has 1 atom stereocenters.